The maximum Gasteiger partial charge on any atom is 0.197 e. The van der Waals surface area contributed by atoms with Gasteiger partial charge < -0.3 is 0 Å². The molecule has 0 atom stereocenters. The fraction of sp³-hybridized carbons (Fsp3) is 0.143. The Hall–Kier alpha value is -1.17. The number of rotatable bonds is 4. The molecular weight excluding hydrogens is 215 g/mol. The lowest BCUT2D eigenvalue weighted by Crippen LogP contribution is -2.13. The SMILES string of the molecule is CCO[PH+](c1ccccc1)c1ccccc1. The molecule has 0 heterocycles. The highest BCUT2D eigenvalue weighted by Gasteiger charge is 2.22. The lowest BCUT2D eigenvalue weighted by molar-refractivity contribution is 0.388. The number of benzene rings is 2. The van der Waals surface area contributed by atoms with Gasteiger partial charge in [-0.2, -0.15) is 0 Å². The van der Waals surface area contributed by atoms with Crippen molar-refractivity contribution in [2.45, 2.75) is 6.92 Å². The highest BCUT2D eigenvalue weighted by Crippen LogP contribution is 2.34. The van der Waals surface area contributed by atoms with Crippen LogP contribution in [0.3, 0.4) is 0 Å². The van der Waals surface area contributed by atoms with Crippen molar-refractivity contribution >= 4 is 18.8 Å². The first-order chi connectivity index (χ1) is 7.92. The third kappa shape index (κ3) is 2.69. The van der Waals surface area contributed by atoms with Crippen molar-refractivity contribution in [3.8, 4) is 0 Å². The lowest BCUT2D eigenvalue weighted by atomic mass is 10.4. The van der Waals surface area contributed by atoms with Crippen LogP contribution in [0.4, 0.5) is 0 Å². The van der Waals surface area contributed by atoms with Gasteiger partial charge in [-0.1, -0.05) is 36.4 Å². The zero-order valence-electron chi connectivity index (χ0n) is 9.39. The van der Waals surface area contributed by atoms with Crippen molar-refractivity contribution in [2.24, 2.45) is 0 Å². The molecular formula is C14H16OP+. The first-order valence-electron chi connectivity index (χ1n) is 5.52. The quantitative estimate of drug-likeness (QED) is 0.735. The van der Waals surface area contributed by atoms with E-state index in [1.54, 1.807) is 0 Å². The van der Waals surface area contributed by atoms with E-state index in [9.17, 15) is 0 Å². The van der Waals surface area contributed by atoms with Gasteiger partial charge in [0.1, 0.15) is 10.6 Å². The molecule has 0 fully saturated rings. The summed E-state index contributed by atoms with van der Waals surface area (Å²) in [6.45, 7) is 2.81. The standard InChI is InChI=1S/C14H15OP/c1-2-15-16(13-9-5-3-6-10-13)14-11-7-4-8-12-14/h3-12H,2H2,1H3/p+1. The first kappa shape index (κ1) is 11.3. The Bertz CT molecular complexity index is 374. The summed E-state index contributed by atoms with van der Waals surface area (Å²) in [5.41, 5.74) is 0. The molecule has 0 radical (unpaired) electrons. The van der Waals surface area contributed by atoms with Gasteiger partial charge in [-0.05, 0) is 31.2 Å². The van der Waals surface area contributed by atoms with Gasteiger partial charge in [0.15, 0.2) is 8.15 Å². The molecule has 1 nitrogen and oxygen atoms in total. The Labute approximate surface area is 97.9 Å². The summed E-state index contributed by atoms with van der Waals surface area (Å²) in [6, 6.07) is 21.0. The summed E-state index contributed by atoms with van der Waals surface area (Å²) < 4.78 is 5.92. The van der Waals surface area contributed by atoms with E-state index < -0.39 is 8.15 Å². The van der Waals surface area contributed by atoms with Crippen molar-refractivity contribution in [3.63, 3.8) is 0 Å². The summed E-state index contributed by atoms with van der Waals surface area (Å²) >= 11 is 0. The van der Waals surface area contributed by atoms with Crippen LogP contribution in [-0.4, -0.2) is 6.61 Å². The van der Waals surface area contributed by atoms with E-state index in [0.29, 0.717) is 0 Å². The van der Waals surface area contributed by atoms with Gasteiger partial charge >= 0.3 is 0 Å². The van der Waals surface area contributed by atoms with E-state index in [0.717, 1.165) is 6.61 Å². The third-order valence-electron chi connectivity index (χ3n) is 2.36. The largest absolute Gasteiger partial charge is 0.230 e. The topological polar surface area (TPSA) is 9.23 Å². The smallest absolute Gasteiger partial charge is 0.197 e. The first-order valence-corrected chi connectivity index (χ1v) is 6.93. The molecule has 0 saturated heterocycles. The van der Waals surface area contributed by atoms with E-state index in [1.165, 1.54) is 10.6 Å². The molecule has 0 amide bonds. The predicted molar refractivity (Wildman–Crippen MR) is 72.1 cm³/mol. The number of hydrogen-bond acceptors (Lipinski definition) is 1. The van der Waals surface area contributed by atoms with Crippen LogP contribution in [0.15, 0.2) is 60.7 Å². The number of hydrogen-bond donors (Lipinski definition) is 0. The second-order valence-corrected chi connectivity index (χ2v) is 5.60. The molecule has 0 aliphatic rings. The minimum absolute atomic E-state index is 0.762. The maximum atomic E-state index is 5.92. The van der Waals surface area contributed by atoms with Crippen LogP contribution in [-0.2, 0) is 4.52 Å². The fourth-order valence-corrected chi connectivity index (χ4v) is 3.60. The molecule has 0 unspecified atom stereocenters. The molecule has 0 spiro atoms. The van der Waals surface area contributed by atoms with Gasteiger partial charge in [0, 0.05) is 0 Å². The monoisotopic (exact) mass is 231 g/mol. The van der Waals surface area contributed by atoms with Crippen LogP contribution < -0.4 is 10.6 Å². The normalized spacial score (nSPS) is 10.6. The third-order valence-corrected chi connectivity index (χ3v) is 4.65. The van der Waals surface area contributed by atoms with E-state index in [1.807, 2.05) is 12.1 Å². The Morgan fingerprint density at radius 2 is 1.25 bits per heavy atom. The van der Waals surface area contributed by atoms with Crippen LogP contribution >= 0.6 is 8.15 Å². The molecule has 0 saturated carbocycles. The zero-order valence-corrected chi connectivity index (χ0v) is 10.4. The van der Waals surface area contributed by atoms with Crippen molar-refractivity contribution in [2.75, 3.05) is 6.61 Å². The minimum atomic E-state index is -1.05. The van der Waals surface area contributed by atoms with Gasteiger partial charge in [0.25, 0.3) is 0 Å². The van der Waals surface area contributed by atoms with Crippen molar-refractivity contribution in [1.82, 2.24) is 0 Å². The highest BCUT2D eigenvalue weighted by atomic mass is 31.1. The maximum absolute atomic E-state index is 5.92. The molecule has 2 rings (SSSR count). The Morgan fingerprint density at radius 1 is 0.812 bits per heavy atom. The highest BCUT2D eigenvalue weighted by molar-refractivity contribution is 7.68. The molecule has 2 aromatic carbocycles. The van der Waals surface area contributed by atoms with Crippen LogP contribution in [0.5, 0.6) is 0 Å². The van der Waals surface area contributed by atoms with Gasteiger partial charge in [-0.15, -0.1) is 0 Å². The minimum Gasteiger partial charge on any atom is -0.230 e. The molecule has 0 bridgehead atoms. The van der Waals surface area contributed by atoms with E-state index in [4.69, 9.17) is 4.52 Å². The van der Waals surface area contributed by atoms with Crippen LogP contribution in [0.25, 0.3) is 0 Å². The van der Waals surface area contributed by atoms with Crippen molar-refractivity contribution in [1.29, 1.82) is 0 Å². The van der Waals surface area contributed by atoms with Gasteiger partial charge in [0.05, 0.1) is 6.61 Å². The molecule has 2 heteroatoms. The molecule has 82 valence electrons. The molecule has 0 N–H and O–H groups in total. The second kappa shape index (κ2) is 5.79. The zero-order chi connectivity index (χ0) is 11.2. The van der Waals surface area contributed by atoms with Crippen molar-refractivity contribution in [3.05, 3.63) is 60.7 Å². The predicted octanol–water partition coefficient (Wildman–Crippen LogP) is 2.80. The molecule has 2 aromatic rings. The van der Waals surface area contributed by atoms with Crippen LogP contribution in [0.1, 0.15) is 6.92 Å². The van der Waals surface area contributed by atoms with E-state index >= 15 is 0 Å². The average molecular weight is 231 g/mol. The molecule has 0 aliphatic carbocycles. The van der Waals surface area contributed by atoms with Crippen LogP contribution in [0, 0.1) is 0 Å². The summed E-state index contributed by atoms with van der Waals surface area (Å²) in [4.78, 5) is 0. The molecule has 16 heavy (non-hydrogen) atoms. The summed E-state index contributed by atoms with van der Waals surface area (Å²) in [7, 11) is -1.05. The van der Waals surface area contributed by atoms with Gasteiger partial charge in [-0.25, -0.2) is 4.52 Å². The Kier molecular flexibility index (Phi) is 4.10. The molecule has 0 aliphatic heterocycles. The Morgan fingerprint density at radius 3 is 1.62 bits per heavy atom. The van der Waals surface area contributed by atoms with Gasteiger partial charge in [0.2, 0.25) is 0 Å². The Balaban J connectivity index is 2.31. The van der Waals surface area contributed by atoms with Crippen molar-refractivity contribution < 1.29 is 4.52 Å². The summed E-state index contributed by atoms with van der Waals surface area (Å²) in [5, 5.41) is 2.61. The fourth-order valence-electron chi connectivity index (χ4n) is 1.66. The molecule has 0 aromatic heterocycles. The van der Waals surface area contributed by atoms with Crippen LogP contribution in [0.2, 0.25) is 0 Å². The second-order valence-electron chi connectivity index (χ2n) is 3.49. The average Bonchev–Trinajstić information content (AvgIpc) is 2.38. The summed E-state index contributed by atoms with van der Waals surface area (Å²) in [5.74, 6) is 0. The van der Waals surface area contributed by atoms with Gasteiger partial charge in [-0.3, -0.25) is 0 Å². The van der Waals surface area contributed by atoms with E-state index in [2.05, 4.69) is 55.5 Å². The lowest BCUT2D eigenvalue weighted by Gasteiger charge is -2.08. The summed E-state index contributed by atoms with van der Waals surface area (Å²) in [6.07, 6.45) is 0. The van der Waals surface area contributed by atoms with E-state index in [-0.39, 0.29) is 0 Å².